The molecule has 4 heteroatoms. The van der Waals surface area contributed by atoms with E-state index in [2.05, 4.69) is 87.9 Å². The third-order valence-corrected chi connectivity index (χ3v) is 4.76. The molecule has 30 heavy (non-hydrogen) atoms. The first-order valence-corrected chi connectivity index (χ1v) is 10.4. The molecular weight excluding hydrogens is 368 g/mol. The molecule has 1 aromatic carbocycles. The maximum Gasteiger partial charge on any atom is 0.103 e. The molecular formula is C26H40N4. The van der Waals surface area contributed by atoms with Gasteiger partial charge in [0.2, 0.25) is 0 Å². The molecule has 0 aliphatic rings. The Kier molecular flexibility index (Phi) is 10.5. The fourth-order valence-electron chi connectivity index (χ4n) is 3.18. The van der Waals surface area contributed by atoms with Crippen LogP contribution in [0.3, 0.4) is 0 Å². The number of benzene rings is 1. The summed E-state index contributed by atoms with van der Waals surface area (Å²) < 4.78 is 0. The van der Waals surface area contributed by atoms with Gasteiger partial charge in [0.25, 0.3) is 0 Å². The molecule has 4 nitrogen and oxygen atoms in total. The van der Waals surface area contributed by atoms with Gasteiger partial charge in [-0.15, -0.1) is 0 Å². The van der Waals surface area contributed by atoms with Crippen LogP contribution in [-0.4, -0.2) is 36.8 Å². The molecule has 1 aromatic rings. The van der Waals surface area contributed by atoms with E-state index < -0.39 is 0 Å². The van der Waals surface area contributed by atoms with E-state index in [1.54, 1.807) is 6.20 Å². The van der Waals surface area contributed by atoms with Crippen LogP contribution in [0.25, 0.3) is 11.8 Å². The number of amidine groups is 1. The first-order valence-electron chi connectivity index (χ1n) is 10.4. The largest absolute Gasteiger partial charge is 0.384 e. The lowest BCUT2D eigenvalue weighted by Gasteiger charge is -2.19. The van der Waals surface area contributed by atoms with Crippen molar-refractivity contribution in [3.8, 4) is 0 Å². The van der Waals surface area contributed by atoms with Crippen LogP contribution in [0.15, 0.2) is 72.2 Å². The second-order valence-corrected chi connectivity index (χ2v) is 7.36. The Morgan fingerprint density at radius 3 is 2.37 bits per heavy atom. The Labute approximate surface area is 185 Å². The first kappa shape index (κ1) is 25.0. The summed E-state index contributed by atoms with van der Waals surface area (Å²) in [6, 6.07) is 6.24. The van der Waals surface area contributed by atoms with E-state index in [1.807, 2.05) is 31.9 Å². The van der Waals surface area contributed by atoms with Gasteiger partial charge in [-0.1, -0.05) is 50.4 Å². The predicted molar refractivity (Wildman–Crippen MR) is 137 cm³/mol. The Bertz CT molecular complexity index is 860. The van der Waals surface area contributed by atoms with Gasteiger partial charge in [0.15, 0.2) is 0 Å². The van der Waals surface area contributed by atoms with Crippen LogP contribution < -0.4 is 5.32 Å². The third kappa shape index (κ3) is 7.43. The molecule has 1 rings (SSSR count). The number of nitrogens with zero attached hydrogens (tertiary/aromatic N) is 3. The lowest BCUT2D eigenvalue weighted by Crippen LogP contribution is -2.20. The highest BCUT2D eigenvalue weighted by Crippen LogP contribution is 2.27. The number of hydrogen-bond acceptors (Lipinski definition) is 3. The molecule has 0 aliphatic heterocycles. The SMILES string of the molecule is C=Cc1ccc(/C(=C/C)N(C)C=C)cc1N=C(C)N/C(=C/C)C/C(=C/N(C)C)CC.[HH]. The first-order chi connectivity index (χ1) is 14.3. The van der Waals surface area contributed by atoms with Crippen molar-refractivity contribution in [3.63, 3.8) is 0 Å². The van der Waals surface area contributed by atoms with Crippen LogP contribution >= 0.6 is 0 Å². The smallest absolute Gasteiger partial charge is 0.103 e. The van der Waals surface area contributed by atoms with Crippen LogP contribution in [0.4, 0.5) is 5.69 Å². The van der Waals surface area contributed by atoms with E-state index in [4.69, 9.17) is 4.99 Å². The Morgan fingerprint density at radius 2 is 1.87 bits per heavy atom. The fourth-order valence-corrected chi connectivity index (χ4v) is 3.18. The molecule has 0 aromatic heterocycles. The van der Waals surface area contributed by atoms with E-state index >= 15 is 0 Å². The summed E-state index contributed by atoms with van der Waals surface area (Å²) >= 11 is 0. The van der Waals surface area contributed by atoms with E-state index in [1.165, 1.54) is 5.57 Å². The maximum atomic E-state index is 4.87. The van der Waals surface area contributed by atoms with Gasteiger partial charge >= 0.3 is 0 Å². The zero-order valence-electron chi connectivity index (χ0n) is 19.8. The molecule has 0 atom stereocenters. The second-order valence-electron chi connectivity index (χ2n) is 7.36. The number of nitrogens with one attached hydrogen (secondary N) is 1. The Hall–Kier alpha value is -3.01. The third-order valence-electron chi connectivity index (χ3n) is 4.76. The lowest BCUT2D eigenvalue weighted by molar-refractivity contribution is 0.553. The van der Waals surface area contributed by atoms with Crippen molar-refractivity contribution >= 4 is 23.3 Å². The fraction of sp³-hybridized carbons (Fsp3) is 0.346. The van der Waals surface area contributed by atoms with E-state index in [0.717, 1.165) is 46.9 Å². The quantitative estimate of drug-likeness (QED) is 0.341. The zero-order valence-corrected chi connectivity index (χ0v) is 19.8. The van der Waals surface area contributed by atoms with Crippen molar-refractivity contribution in [2.45, 2.75) is 40.5 Å². The molecule has 0 bridgehead atoms. The van der Waals surface area contributed by atoms with Crippen molar-refractivity contribution in [1.29, 1.82) is 0 Å². The second kappa shape index (κ2) is 12.5. The van der Waals surface area contributed by atoms with Gasteiger partial charge in [0.1, 0.15) is 5.84 Å². The van der Waals surface area contributed by atoms with Gasteiger partial charge in [-0.3, -0.25) is 0 Å². The monoisotopic (exact) mass is 408 g/mol. The summed E-state index contributed by atoms with van der Waals surface area (Å²) in [5, 5.41) is 3.48. The number of aliphatic imine (C=N–C) groups is 1. The predicted octanol–water partition coefficient (Wildman–Crippen LogP) is 6.80. The highest BCUT2D eigenvalue weighted by atomic mass is 15.1. The Morgan fingerprint density at radius 1 is 1.17 bits per heavy atom. The molecule has 0 aliphatic carbocycles. The number of hydrogen-bond donors (Lipinski definition) is 1. The van der Waals surface area contributed by atoms with Crippen LogP contribution in [0.1, 0.15) is 53.1 Å². The summed E-state index contributed by atoms with van der Waals surface area (Å²) in [4.78, 5) is 8.96. The molecule has 1 N–H and O–H groups in total. The molecule has 0 fully saturated rings. The van der Waals surface area contributed by atoms with Crippen LogP contribution in [0, 0.1) is 0 Å². The minimum Gasteiger partial charge on any atom is -0.384 e. The van der Waals surface area contributed by atoms with Crippen molar-refractivity contribution in [2.24, 2.45) is 4.99 Å². The minimum atomic E-state index is 0. The normalized spacial score (nSPS) is 13.2. The van der Waals surface area contributed by atoms with Crippen molar-refractivity contribution < 1.29 is 1.43 Å². The highest BCUT2D eigenvalue weighted by Gasteiger charge is 2.08. The van der Waals surface area contributed by atoms with E-state index in [-0.39, 0.29) is 1.43 Å². The van der Waals surface area contributed by atoms with Crippen molar-refractivity contribution in [3.05, 3.63) is 78.3 Å². The van der Waals surface area contributed by atoms with E-state index in [9.17, 15) is 0 Å². The average Bonchev–Trinajstić information content (AvgIpc) is 2.72. The molecule has 164 valence electrons. The summed E-state index contributed by atoms with van der Waals surface area (Å²) in [7, 11) is 6.10. The molecule has 0 radical (unpaired) electrons. The van der Waals surface area contributed by atoms with Crippen LogP contribution in [0.2, 0.25) is 0 Å². The summed E-state index contributed by atoms with van der Waals surface area (Å²) in [6.07, 6.45) is 11.9. The van der Waals surface area contributed by atoms with Crippen molar-refractivity contribution in [1.82, 2.24) is 15.1 Å². The standard InChI is InChI=1S/C26H38N4.H2/c1-10-21(19-29(7)8)17-24(12-3)27-20(6)28-25-18-23(16-15-22(25)11-2)26(13-4)30(9)14-5;/h11-16,18-19H,2,5,10,17H2,1,3-4,6-9H3,(H,27,28);1H/b21-19+,24-12+,26-13-;. The van der Waals surface area contributed by atoms with E-state index in [0.29, 0.717) is 0 Å². The van der Waals surface area contributed by atoms with Gasteiger partial charge in [0, 0.05) is 40.4 Å². The van der Waals surface area contributed by atoms with Gasteiger partial charge in [-0.2, -0.15) is 0 Å². The summed E-state index contributed by atoms with van der Waals surface area (Å²) in [6.45, 7) is 16.1. The highest BCUT2D eigenvalue weighted by molar-refractivity contribution is 5.86. The molecule has 0 spiro atoms. The zero-order chi connectivity index (χ0) is 22.7. The van der Waals surface area contributed by atoms with Crippen LogP contribution in [0.5, 0.6) is 0 Å². The van der Waals surface area contributed by atoms with Gasteiger partial charge < -0.3 is 15.1 Å². The van der Waals surface area contributed by atoms with Gasteiger partial charge in [-0.05, 0) is 62.4 Å². The minimum absolute atomic E-state index is 0. The summed E-state index contributed by atoms with van der Waals surface area (Å²) in [5.41, 5.74) is 6.57. The summed E-state index contributed by atoms with van der Waals surface area (Å²) in [5.74, 6) is 0.850. The Balaban J connectivity index is 0.00000900. The molecule has 0 saturated heterocycles. The molecule has 0 heterocycles. The number of allylic oxidation sites excluding steroid dienone is 3. The maximum absolute atomic E-state index is 4.87. The van der Waals surface area contributed by atoms with Crippen LogP contribution in [-0.2, 0) is 0 Å². The molecule has 0 amide bonds. The molecule has 0 unspecified atom stereocenters. The lowest BCUT2D eigenvalue weighted by atomic mass is 10.1. The molecule has 0 saturated carbocycles. The van der Waals surface area contributed by atoms with Crippen molar-refractivity contribution in [2.75, 3.05) is 21.1 Å². The topological polar surface area (TPSA) is 30.9 Å². The van der Waals surface area contributed by atoms with Gasteiger partial charge in [-0.25, -0.2) is 4.99 Å². The van der Waals surface area contributed by atoms with Gasteiger partial charge in [0.05, 0.1) is 5.69 Å². The number of rotatable bonds is 10. The average molecular weight is 409 g/mol.